The van der Waals surface area contributed by atoms with E-state index in [0.717, 1.165) is 19.5 Å². The Hall–Kier alpha value is -1.10. The number of carbonyl (C=O) groups is 2. The average molecular weight is 227 g/mol. The molecule has 92 valence electrons. The summed E-state index contributed by atoms with van der Waals surface area (Å²) >= 11 is 0. The highest BCUT2D eigenvalue weighted by Gasteiger charge is 2.25. The van der Waals surface area contributed by atoms with Crippen molar-refractivity contribution in [1.29, 1.82) is 0 Å². The zero-order chi connectivity index (χ0) is 12.1. The molecule has 0 spiro atoms. The van der Waals surface area contributed by atoms with E-state index in [0.29, 0.717) is 13.1 Å². The Morgan fingerprint density at radius 1 is 1.25 bits per heavy atom. The van der Waals surface area contributed by atoms with Crippen LogP contribution in [0.1, 0.15) is 20.3 Å². The van der Waals surface area contributed by atoms with Gasteiger partial charge in [-0.1, -0.05) is 6.92 Å². The second kappa shape index (κ2) is 5.84. The van der Waals surface area contributed by atoms with Crippen LogP contribution in [0.3, 0.4) is 0 Å². The first-order valence-electron chi connectivity index (χ1n) is 5.83. The summed E-state index contributed by atoms with van der Waals surface area (Å²) in [5, 5.41) is 2.69. The van der Waals surface area contributed by atoms with Crippen molar-refractivity contribution < 1.29 is 9.59 Å². The molecule has 1 aliphatic heterocycles. The number of carbonyl (C=O) groups excluding carboxylic acids is 2. The summed E-state index contributed by atoms with van der Waals surface area (Å²) in [7, 11) is 2.01. The van der Waals surface area contributed by atoms with Gasteiger partial charge in [-0.05, 0) is 20.4 Å². The van der Waals surface area contributed by atoms with E-state index in [4.69, 9.17) is 0 Å². The molecule has 1 fully saturated rings. The van der Waals surface area contributed by atoms with Crippen molar-refractivity contribution in [2.45, 2.75) is 26.3 Å². The first-order chi connectivity index (χ1) is 7.54. The summed E-state index contributed by atoms with van der Waals surface area (Å²) in [5.74, 6) is -0.868. The maximum absolute atomic E-state index is 11.8. The molecule has 16 heavy (non-hydrogen) atoms. The van der Waals surface area contributed by atoms with Gasteiger partial charge in [-0.15, -0.1) is 0 Å². The van der Waals surface area contributed by atoms with Gasteiger partial charge in [-0.3, -0.25) is 9.59 Å². The molecule has 1 rings (SSSR count). The minimum absolute atomic E-state index is 0.0592. The van der Waals surface area contributed by atoms with E-state index in [1.807, 2.05) is 20.9 Å². The third-order valence-corrected chi connectivity index (χ3v) is 2.97. The van der Waals surface area contributed by atoms with E-state index in [1.54, 1.807) is 4.90 Å². The number of nitrogens with one attached hydrogen (secondary N) is 1. The van der Waals surface area contributed by atoms with Crippen LogP contribution in [-0.2, 0) is 9.59 Å². The molecule has 1 unspecified atom stereocenters. The molecular weight excluding hydrogens is 206 g/mol. The van der Waals surface area contributed by atoms with Gasteiger partial charge in [0, 0.05) is 32.2 Å². The van der Waals surface area contributed by atoms with Gasteiger partial charge in [-0.2, -0.15) is 0 Å². The largest absolute Gasteiger partial charge is 0.345 e. The van der Waals surface area contributed by atoms with Gasteiger partial charge in [0.05, 0.1) is 0 Å². The number of nitrogens with zero attached hydrogens (tertiary/aromatic N) is 2. The molecule has 0 bridgehead atoms. The zero-order valence-corrected chi connectivity index (χ0v) is 10.3. The summed E-state index contributed by atoms with van der Waals surface area (Å²) in [4.78, 5) is 27.1. The fourth-order valence-electron chi connectivity index (χ4n) is 1.54. The Bertz CT molecular complexity index is 260. The molecule has 1 N–H and O–H groups in total. The highest BCUT2D eigenvalue weighted by atomic mass is 16.2. The predicted octanol–water partition coefficient (Wildman–Crippen LogP) is -0.325. The summed E-state index contributed by atoms with van der Waals surface area (Å²) in [6.45, 7) is 6.83. The quantitative estimate of drug-likeness (QED) is 0.658. The smallest absolute Gasteiger partial charge is 0.311 e. The maximum Gasteiger partial charge on any atom is 0.311 e. The van der Waals surface area contributed by atoms with Crippen molar-refractivity contribution in [3.05, 3.63) is 0 Å². The van der Waals surface area contributed by atoms with E-state index in [2.05, 4.69) is 10.2 Å². The van der Waals surface area contributed by atoms with E-state index in [-0.39, 0.29) is 6.04 Å². The standard InChI is InChI=1S/C11H21N3O2/c1-4-9(2)12-10(15)11(16)14-7-5-13(3)6-8-14/h9H,4-8H2,1-3H3,(H,12,15). The molecule has 0 aromatic carbocycles. The Morgan fingerprint density at radius 2 is 1.81 bits per heavy atom. The maximum atomic E-state index is 11.8. The lowest BCUT2D eigenvalue weighted by atomic mass is 10.2. The topological polar surface area (TPSA) is 52.7 Å². The van der Waals surface area contributed by atoms with Crippen molar-refractivity contribution in [2.75, 3.05) is 33.2 Å². The Kier molecular flexibility index (Phi) is 4.73. The summed E-state index contributed by atoms with van der Waals surface area (Å²) in [6, 6.07) is 0.0592. The van der Waals surface area contributed by atoms with Crippen LogP contribution in [0.2, 0.25) is 0 Å². The molecule has 1 saturated heterocycles. The Morgan fingerprint density at radius 3 is 2.31 bits per heavy atom. The van der Waals surface area contributed by atoms with Crippen molar-refractivity contribution in [3.63, 3.8) is 0 Å². The lowest BCUT2D eigenvalue weighted by Crippen LogP contribution is -2.52. The normalized spacial score (nSPS) is 19.3. The predicted molar refractivity (Wildman–Crippen MR) is 62.0 cm³/mol. The van der Waals surface area contributed by atoms with Gasteiger partial charge in [-0.25, -0.2) is 0 Å². The van der Waals surface area contributed by atoms with Crippen LogP contribution in [0.4, 0.5) is 0 Å². The van der Waals surface area contributed by atoms with Crippen LogP contribution in [0, 0.1) is 0 Å². The van der Waals surface area contributed by atoms with Crippen molar-refractivity contribution in [3.8, 4) is 0 Å². The first kappa shape index (κ1) is 13.0. The van der Waals surface area contributed by atoms with Crippen molar-refractivity contribution >= 4 is 11.8 Å². The third kappa shape index (κ3) is 3.48. The van der Waals surface area contributed by atoms with E-state index in [9.17, 15) is 9.59 Å². The average Bonchev–Trinajstić information content (AvgIpc) is 2.28. The van der Waals surface area contributed by atoms with Crippen LogP contribution in [0.25, 0.3) is 0 Å². The monoisotopic (exact) mass is 227 g/mol. The highest BCUT2D eigenvalue weighted by Crippen LogP contribution is 2.00. The lowest BCUT2D eigenvalue weighted by molar-refractivity contribution is -0.147. The number of likely N-dealkylation sites (N-methyl/N-ethyl adjacent to an activating group) is 1. The summed E-state index contributed by atoms with van der Waals surface area (Å²) < 4.78 is 0. The van der Waals surface area contributed by atoms with Crippen LogP contribution < -0.4 is 5.32 Å². The molecule has 0 aliphatic carbocycles. The Labute approximate surface area is 96.8 Å². The second-order valence-electron chi connectivity index (χ2n) is 4.38. The molecule has 0 saturated carbocycles. The first-order valence-corrected chi connectivity index (χ1v) is 5.83. The van der Waals surface area contributed by atoms with Crippen LogP contribution >= 0.6 is 0 Å². The fourth-order valence-corrected chi connectivity index (χ4v) is 1.54. The van der Waals surface area contributed by atoms with Gasteiger partial charge in [0.1, 0.15) is 0 Å². The number of hydrogen-bond acceptors (Lipinski definition) is 3. The lowest BCUT2D eigenvalue weighted by Gasteiger charge is -2.32. The van der Waals surface area contributed by atoms with E-state index >= 15 is 0 Å². The number of amides is 2. The molecule has 1 heterocycles. The van der Waals surface area contributed by atoms with Gasteiger partial charge < -0.3 is 15.1 Å². The van der Waals surface area contributed by atoms with E-state index in [1.165, 1.54) is 0 Å². The minimum Gasteiger partial charge on any atom is -0.345 e. The third-order valence-electron chi connectivity index (χ3n) is 2.97. The fraction of sp³-hybridized carbons (Fsp3) is 0.818. The van der Waals surface area contributed by atoms with Crippen molar-refractivity contribution in [1.82, 2.24) is 15.1 Å². The van der Waals surface area contributed by atoms with Gasteiger partial charge in [0.15, 0.2) is 0 Å². The molecule has 5 nitrogen and oxygen atoms in total. The molecule has 2 amide bonds. The van der Waals surface area contributed by atoms with Gasteiger partial charge in [0.2, 0.25) is 0 Å². The summed E-state index contributed by atoms with van der Waals surface area (Å²) in [6.07, 6.45) is 0.835. The van der Waals surface area contributed by atoms with Crippen LogP contribution in [0.15, 0.2) is 0 Å². The number of hydrogen-bond donors (Lipinski definition) is 1. The van der Waals surface area contributed by atoms with Gasteiger partial charge >= 0.3 is 11.8 Å². The SMILES string of the molecule is CCC(C)NC(=O)C(=O)N1CCN(C)CC1. The Balaban J connectivity index is 2.42. The van der Waals surface area contributed by atoms with Crippen LogP contribution in [0.5, 0.6) is 0 Å². The molecular formula is C11H21N3O2. The number of piperazine rings is 1. The molecule has 0 radical (unpaired) electrons. The number of rotatable bonds is 2. The zero-order valence-electron chi connectivity index (χ0n) is 10.3. The van der Waals surface area contributed by atoms with Gasteiger partial charge in [0.25, 0.3) is 0 Å². The molecule has 1 aliphatic rings. The second-order valence-corrected chi connectivity index (χ2v) is 4.38. The molecule has 1 atom stereocenters. The molecule has 0 aromatic heterocycles. The van der Waals surface area contributed by atoms with E-state index < -0.39 is 11.8 Å². The minimum atomic E-state index is -0.473. The van der Waals surface area contributed by atoms with Crippen molar-refractivity contribution in [2.24, 2.45) is 0 Å². The molecule has 0 aromatic rings. The van der Waals surface area contributed by atoms with Crippen LogP contribution in [-0.4, -0.2) is 60.9 Å². The summed E-state index contributed by atoms with van der Waals surface area (Å²) in [5.41, 5.74) is 0. The molecule has 5 heteroatoms. The highest BCUT2D eigenvalue weighted by molar-refractivity contribution is 6.35.